The summed E-state index contributed by atoms with van der Waals surface area (Å²) in [5, 5.41) is 3.35. The predicted molar refractivity (Wildman–Crippen MR) is 72.6 cm³/mol. The molecule has 1 saturated heterocycles. The van der Waals surface area contributed by atoms with Crippen LogP contribution < -0.4 is 10.2 Å². The van der Waals surface area contributed by atoms with Crippen LogP contribution in [0, 0.1) is 0 Å². The molecule has 0 atom stereocenters. The lowest BCUT2D eigenvalue weighted by Crippen LogP contribution is -2.43. The van der Waals surface area contributed by atoms with Gasteiger partial charge in [-0.05, 0) is 24.3 Å². The van der Waals surface area contributed by atoms with E-state index in [9.17, 15) is 0 Å². The van der Waals surface area contributed by atoms with Gasteiger partial charge in [0.25, 0.3) is 0 Å². The van der Waals surface area contributed by atoms with E-state index < -0.39 is 0 Å². The molecule has 2 aromatic heterocycles. The van der Waals surface area contributed by atoms with Crippen LogP contribution in [-0.4, -0.2) is 36.1 Å². The summed E-state index contributed by atoms with van der Waals surface area (Å²) >= 11 is 0. The van der Waals surface area contributed by atoms with Gasteiger partial charge in [-0.1, -0.05) is 6.07 Å². The summed E-state index contributed by atoms with van der Waals surface area (Å²) in [6, 6.07) is 10.1. The molecular weight excluding hydrogens is 224 g/mol. The molecule has 18 heavy (non-hydrogen) atoms. The second-order valence-corrected chi connectivity index (χ2v) is 4.36. The third-order valence-corrected chi connectivity index (χ3v) is 3.13. The highest BCUT2D eigenvalue weighted by Gasteiger charge is 2.12. The lowest BCUT2D eigenvalue weighted by atomic mass is 10.2. The van der Waals surface area contributed by atoms with E-state index in [0.717, 1.165) is 43.3 Å². The van der Waals surface area contributed by atoms with E-state index in [0.29, 0.717) is 0 Å². The van der Waals surface area contributed by atoms with Gasteiger partial charge in [0, 0.05) is 44.1 Å². The van der Waals surface area contributed by atoms with Crippen molar-refractivity contribution in [3.05, 3.63) is 42.7 Å². The molecule has 2 aromatic rings. The molecule has 1 fully saturated rings. The Kier molecular flexibility index (Phi) is 3.19. The van der Waals surface area contributed by atoms with Crippen LogP contribution >= 0.6 is 0 Å². The average Bonchev–Trinajstić information content (AvgIpc) is 2.49. The first-order chi connectivity index (χ1) is 8.93. The summed E-state index contributed by atoms with van der Waals surface area (Å²) < 4.78 is 0. The maximum Gasteiger partial charge on any atom is 0.129 e. The van der Waals surface area contributed by atoms with E-state index >= 15 is 0 Å². The normalized spacial score (nSPS) is 15.7. The zero-order valence-corrected chi connectivity index (χ0v) is 10.2. The molecule has 4 heteroatoms. The summed E-state index contributed by atoms with van der Waals surface area (Å²) in [6.45, 7) is 4.09. The van der Waals surface area contributed by atoms with Gasteiger partial charge in [0.05, 0.1) is 5.69 Å². The zero-order chi connectivity index (χ0) is 12.2. The Bertz CT molecular complexity index is 506. The number of hydrogen-bond donors (Lipinski definition) is 1. The summed E-state index contributed by atoms with van der Waals surface area (Å²) in [5.41, 5.74) is 2.05. The third-order valence-electron chi connectivity index (χ3n) is 3.13. The van der Waals surface area contributed by atoms with Crippen molar-refractivity contribution in [3.63, 3.8) is 0 Å². The van der Waals surface area contributed by atoms with E-state index in [1.165, 1.54) is 0 Å². The summed E-state index contributed by atoms with van der Waals surface area (Å²) in [7, 11) is 0. The lowest BCUT2D eigenvalue weighted by molar-refractivity contribution is 0.585. The first-order valence-electron chi connectivity index (χ1n) is 6.26. The van der Waals surface area contributed by atoms with E-state index in [-0.39, 0.29) is 0 Å². The van der Waals surface area contributed by atoms with E-state index in [1.807, 2.05) is 24.4 Å². The molecule has 0 radical (unpaired) electrons. The van der Waals surface area contributed by atoms with Crippen LogP contribution in [0.3, 0.4) is 0 Å². The maximum absolute atomic E-state index is 4.72. The first kappa shape index (κ1) is 11.2. The van der Waals surface area contributed by atoms with Gasteiger partial charge in [-0.25, -0.2) is 4.98 Å². The molecule has 0 saturated carbocycles. The molecule has 1 aliphatic heterocycles. The van der Waals surface area contributed by atoms with Gasteiger partial charge < -0.3 is 10.2 Å². The minimum atomic E-state index is 0.985. The largest absolute Gasteiger partial charge is 0.354 e. The Morgan fingerprint density at radius 1 is 1.06 bits per heavy atom. The van der Waals surface area contributed by atoms with Crippen molar-refractivity contribution in [2.45, 2.75) is 0 Å². The van der Waals surface area contributed by atoms with Crippen LogP contribution in [0.4, 0.5) is 5.82 Å². The second-order valence-electron chi connectivity index (χ2n) is 4.36. The summed E-state index contributed by atoms with van der Waals surface area (Å²) in [6.07, 6.45) is 3.63. The van der Waals surface area contributed by atoms with Gasteiger partial charge in [-0.3, -0.25) is 4.98 Å². The smallest absolute Gasteiger partial charge is 0.129 e. The number of anilines is 1. The van der Waals surface area contributed by atoms with Crippen LogP contribution in [0.5, 0.6) is 0 Å². The number of rotatable bonds is 2. The van der Waals surface area contributed by atoms with E-state index in [4.69, 9.17) is 4.98 Å². The average molecular weight is 240 g/mol. The third kappa shape index (κ3) is 2.33. The van der Waals surface area contributed by atoms with Crippen LogP contribution in [0.1, 0.15) is 0 Å². The second kappa shape index (κ2) is 5.14. The van der Waals surface area contributed by atoms with Gasteiger partial charge in [0.2, 0.25) is 0 Å². The number of pyridine rings is 2. The zero-order valence-electron chi connectivity index (χ0n) is 10.2. The number of nitrogens with one attached hydrogen (secondary N) is 1. The van der Waals surface area contributed by atoms with E-state index in [2.05, 4.69) is 27.3 Å². The molecule has 0 unspecified atom stereocenters. The van der Waals surface area contributed by atoms with Crippen molar-refractivity contribution in [2.24, 2.45) is 0 Å². The van der Waals surface area contributed by atoms with Crippen molar-refractivity contribution >= 4 is 5.82 Å². The Hall–Kier alpha value is -1.94. The number of nitrogens with zero attached hydrogens (tertiary/aromatic N) is 3. The molecular formula is C14H16N4. The molecule has 3 rings (SSSR count). The van der Waals surface area contributed by atoms with Gasteiger partial charge >= 0.3 is 0 Å². The van der Waals surface area contributed by atoms with Gasteiger partial charge in [0.1, 0.15) is 5.82 Å². The Balaban J connectivity index is 1.89. The lowest BCUT2D eigenvalue weighted by Gasteiger charge is -2.28. The Labute approximate surface area is 107 Å². The van der Waals surface area contributed by atoms with Crippen LogP contribution in [0.2, 0.25) is 0 Å². The summed E-state index contributed by atoms with van der Waals surface area (Å²) in [5.74, 6) is 1.05. The molecule has 1 aliphatic rings. The van der Waals surface area contributed by atoms with Crippen molar-refractivity contribution in [2.75, 3.05) is 31.1 Å². The highest BCUT2D eigenvalue weighted by molar-refractivity contribution is 5.60. The minimum Gasteiger partial charge on any atom is -0.354 e. The fourth-order valence-electron chi connectivity index (χ4n) is 2.17. The van der Waals surface area contributed by atoms with Crippen molar-refractivity contribution in [1.29, 1.82) is 0 Å². The molecule has 0 amide bonds. The first-order valence-corrected chi connectivity index (χ1v) is 6.26. The molecule has 92 valence electrons. The fraction of sp³-hybridized carbons (Fsp3) is 0.286. The standard InChI is InChI=1S/C14H16N4/c1-4-13(12-3-2-6-16-11-12)17-14(5-1)18-9-7-15-8-10-18/h1-6,11,15H,7-10H2. The number of piperazine rings is 1. The van der Waals surface area contributed by atoms with Gasteiger partial charge in [0.15, 0.2) is 0 Å². The number of hydrogen-bond acceptors (Lipinski definition) is 4. The highest BCUT2D eigenvalue weighted by Crippen LogP contribution is 2.19. The van der Waals surface area contributed by atoms with Crippen LogP contribution in [0.15, 0.2) is 42.7 Å². The quantitative estimate of drug-likeness (QED) is 0.864. The Morgan fingerprint density at radius 3 is 2.72 bits per heavy atom. The van der Waals surface area contributed by atoms with Crippen molar-refractivity contribution in [1.82, 2.24) is 15.3 Å². The topological polar surface area (TPSA) is 41.1 Å². The van der Waals surface area contributed by atoms with Gasteiger partial charge in [-0.15, -0.1) is 0 Å². The molecule has 0 aliphatic carbocycles. The molecule has 0 spiro atoms. The summed E-state index contributed by atoms with van der Waals surface area (Å²) in [4.78, 5) is 11.2. The molecule has 0 bridgehead atoms. The monoisotopic (exact) mass is 240 g/mol. The molecule has 3 heterocycles. The van der Waals surface area contributed by atoms with Crippen LogP contribution in [-0.2, 0) is 0 Å². The SMILES string of the molecule is c1cncc(-c2cccc(N3CCNCC3)n2)c1. The van der Waals surface area contributed by atoms with Crippen molar-refractivity contribution in [3.8, 4) is 11.3 Å². The highest BCUT2D eigenvalue weighted by atomic mass is 15.2. The minimum absolute atomic E-state index is 0.985. The molecule has 4 nitrogen and oxygen atoms in total. The van der Waals surface area contributed by atoms with E-state index in [1.54, 1.807) is 6.20 Å². The molecule has 1 N–H and O–H groups in total. The van der Waals surface area contributed by atoms with Crippen molar-refractivity contribution < 1.29 is 0 Å². The predicted octanol–water partition coefficient (Wildman–Crippen LogP) is 1.55. The number of aromatic nitrogens is 2. The Morgan fingerprint density at radius 2 is 1.94 bits per heavy atom. The fourth-order valence-corrected chi connectivity index (χ4v) is 2.17. The maximum atomic E-state index is 4.72. The van der Waals surface area contributed by atoms with Gasteiger partial charge in [-0.2, -0.15) is 0 Å². The molecule has 0 aromatic carbocycles. The van der Waals surface area contributed by atoms with Crippen LogP contribution in [0.25, 0.3) is 11.3 Å².